The lowest BCUT2D eigenvalue weighted by Gasteiger charge is -2.23. The number of hydrogen-bond donors (Lipinski definition) is 2. The Morgan fingerprint density at radius 2 is 2.06 bits per heavy atom. The smallest absolute Gasteiger partial charge is 0.231 e. The molecule has 1 aromatic carbocycles. The second-order valence-electron chi connectivity index (χ2n) is 4.91. The standard InChI is InChI=1S/C13H19NO3/c1-13(2,8-15)14-6-5-10-3-4-11-12(7-10)17-9-16-11/h3-4,7,14-15H,5-6,8-9H2,1-2H3. The Hall–Kier alpha value is -1.26. The number of benzene rings is 1. The number of ether oxygens (including phenoxy) is 2. The Morgan fingerprint density at radius 1 is 1.29 bits per heavy atom. The van der Waals surface area contributed by atoms with E-state index >= 15 is 0 Å². The van der Waals surface area contributed by atoms with Crippen LogP contribution in [0.5, 0.6) is 11.5 Å². The van der Waals surface area contributed by atoms with Crippen LogP contribution < -0.4 is 14.8 Å². The number of fused-ring (bicyclic) bond motifs is 1. The van der Waals surface area contributed by atoms with E-state index in [1.165, 1.54) is 5.56 Å². The molecule has 17 heavy (non-hydrogen) atoms. The SMILES string of the molecule is CC(C)(CO)NCCc1ccc2c(c1)OCO2. The highest BCUT2D eigenvalue weighted by Crippen LogP contribution is 2.32. The van der Waals surface area contributed by atoms with Crippen molar-refractivity contribution >= 4 is 0 Å². The molecule has 1 aromatic rings. The Labute approximate surface area is 102 Å². The molecule has 4 nitrogen and oxygen atoms in total. The van der Waals surface area contributed by atoms with Gasteiger partial charge in [-0.15, -0.1) is 0 Å². The molecule has 1 heterocycles. The number of aliphatic hydroxyl groups excluding tert-OH is 1. The summed E-state index contributed by atoms with van der Waals surface area (Å²) in [5.74, 6) is 1.64. The Balaban J connectivity index is 1.88. The van der Waals surface area contributed by atoms with Crippen LogP contribution in [0.3, 0.4) is 0 Å². The van der Waals surface area contributed by atoms with Gasteiger partial charge in [-0.05, 0) is 44.5 Å². The van der Waals surface area contributed by atoms with Gasteiger partial charge in [-0.1, -0.05) is 6.07 Å². The largest absolute Gasteiger partial charge is 0.454 e. The van der Waals surface area contributed by atoms with Crippen molar-refractivity contribution in [3.05, 3.63) is 23.8 Å². The van der Waals surface area contributed by atoms with Gasteiger partial charge in [0, 0.05) is 5.54 Å². The third-order valence-corrected chi connectivity index (χ3v) is 2.85. The zero-order chi connectivity index (χ0) is 12.3. The molecular formula is C13H19NO3. The average molecular weight is 237 g/mol. The molecule has 0 aliphatic carbocycles. The molecule has 4 heteroatoms. The van der Waals surface area contributed by atoms with Crippen LogP contribution in [0.25, 0.3) is 0 Å². The van der Waals surface area contributed by atoms with Crippen LogP contribution in [0.4, 0.5) is 0 Å². The van der Waals surface area contributed by atoms with Gasteiger partial charge in [0.2, 0.25) is 6.79 Å². The zero-order valence-corrected chi connectivity index (χ0v) is 10.3. The summed E-state index contributed by atoms with van der Waals surface area (Å²) in [5.41, 5.74) is 0.978. The molecule has 0 unspecified atom stereocenters. The molecule has 0 bridgehead atoms. The third-order valence-electron chi connectivity index (χ3n) is 2.85. The van der Waals surface area contributed by atoms with Crippen LogP contribution in [-0.4, -0.2) is 30.6 Å². The summed E-state index contributed by atoms with van der Waals surface area (Å²) in [6.45, 7) is 5.23. The Morgan fingerprint density at radius 3 is 2.82 bits per heavy atom. The first-order valence-electron chi connectivity index (χ1n) is 5.85. The van der Waals surface area contributed by atoms with Crippen LogP contribution in [0.1, 0.15) is 19.4 Å². The minimum atomic E-state index is -0.226. The van der Waals surface area contributed by atoms with Crippen molar-refractivity contribution in [1.82, 2.24) is 5.32 Å². The van der Waals surface area contributed by atoms with E-state index in [-0.39, 0.29) is 12.1 Å². The quantitative estimate of drug-likeness (QED) is 0.811. The molecule has 1 aliphatic rings. The van der Waals surface area contributed by atoms with Gasteiger partial charge in [0.15, 0.2) is 11.5 Å². The number of rotatable bonds is 5. The molecule has 94 valence electrons. The van der Waals surface area contributed by atoms with Gasteiger partial charge < -0.3 is 19.9 Å². The minimum absolute atomic E-state index is 0.133. The first-order valence-corrected chi connectivity index (χ1v) is 5.85. The summed E-state index contributed by atoms with van der Waals surface area (Å²) >= 11 is 0. The monoisotopic (exact) mass is 237 g/mol. The van der Waals surface area contributed by atoms with Crippen molar-refractivity contribution in [2.45, 2.75) is 25.8 Å². The Kier molecular flexibility index (Phi) is 3.54. The van der Waals surface area contributed by atoms with Gasteiger partial charge >= 0.3 is 0 Å². The summed E-state index contributed by atoms with van der Waals surface area (Å²) in [4.78, 5) is 0. The maximum absolute atomic E-state index is 9.12. The van der Waals surface area contributed by atoms with Gasteiger partial charge in [0.25, 0.3) is 0 Å². The van der Waals surface area contributed by atoms with E-state index in [4.69, 9.17) is 14.6 Å². The molecule has 0 fully saturated rings. The number of aliphatic hydroxyl groups is 1. The zero-order valence-electron chi connectivity index (χ0n) is 10.3. The fraction of sp³-hybridized carbons (Fsp3) is 0.538. The highest BCUT2D eigenvalue weighted by molar-refractivity contribution is 5.44. The second-order valence-corrected chi connectivity index (χ2v) is 4.91. The van der Waals surface area contributed by atoms with E-state index in [2.05, 4.69) is 5.32 Å². The van der Waals surface area contributed by atoms with E-state index in [1.807, 2.05) is 32.0 Å². The highest BCUT2D eigenvalue weighted by atomic mass is 16.7. The van der Waals surface area contributed by atoms with E-state index in [9.17, 15) is 0 Å². The first-order chi connectivity index (χ1) is 8.11. The van der Waals surface area contributed by atoms with E-state index in [0.717, 1.165) is 24.5 Å². The maximum Gasteiger partial charge on any atom is 0.231 e. The topological polar surface area (TPSA) is 50.7 Å². The predicted molar refractivity (Wildman–Crippen MR) is 65.4 cm³/mol. The van der Waals surface area contributed by atoms with Gasteiger partial charge in [0.1, 0.15) is 0 Å². The van der Waals surface area contributed by atoms with Crippen LogP contribution in [0, 0.1) is 0 Å². The number of nitrogens with one attached hydrogen (secondary N) is 1. The fourth-order valence-corrected chi connectivity index (χ4v) is 1.70. The average Bonchev–Trinajstić information content (AvgIpc) is 2.76. The molecule has 0 radical (unpaired) electrons. The van der Waals surface area contributed by atoms with Crippen molar-refractivity contribution in [1.29, 1.82) is 0 Å². The summed E-state index contributed by atoms with van der Waals surface area (Å²) in [5, 5.41) is 12.4. The molecule has 0 saturated heterocycles. The first kappa shape index (κ1) is 12.2. The lowest BCUT2D eigenvalue weighted by molar-refractivity contribution is 0.174. The van der Waals surface area contributed by atoms with Crippen LogP contribution in [0.2, 0.25) is 0 Å². The molecule has 2 N–H and O–H groups in total. The van der Waals surface area contributed by atoms with Crippen molar-refractivity contribution < 1.29 is 14.6 Å². The van der Waals surface area contributed by atoms with Gasteiger partial charge in [-0.25, -0.2) is 0 Å². The van der Waals surface area contributed by atoms with Gasteiger partial charge in [-0.2, -0.15) is 0 Å². The second kappa shape index (κ2) is 4.94. The van der Waals surface area contributed by atoms with Crippen LogP contribution in [0.15, 0.2) is 18.2 Å². The molecule has 0 amide bonds. The lowest BCUT2D eigenvalue weighted by atomic mass is 10.1. The normalized spacial score (nSPS) is 14.1. The van der Waals surface area contributed by atoms with Crippen molar-refractivity contribution in [3.8, 4) is 11.5 Å². The van der Waals surface area contributed by atoms with E-state index in [0.29, 0.717) is 6.79 Å². The van der Waals surface area contributed by atoms with Crippen LogP contribution >= 0.6 is 0 Å². The predicted octanol–water partition coefficient (Wildman–Crippen LogP) is 1.32. The van der Waals surface area contributed by atoms with Crippen molar-refractivity contribution in [2.75, 3.05) is 19.9 Å². The summed E-state index contributed by atoms with van der Waals surface area (Å²) in [6, 6.07) is 5.99. The molecular weight excluding hydrogens is 218 g/mol. The van der Waals surface area contributed by atoms with Crippen LogP contribution in [-0.2, 0) is 6.42 Å². The molecule has 2 rings (SSSR count). The molecule has 1 aliphatic heterocycles. The Bertz CT molecular complexity index is 390. The molecule has 0 aromatic heterocycles. The highest BCUT2D eigenvalue weighted by Gasteiger charge is 2.15. The van der Waals surface area contributed by atoms with E-state index in [1.54, 1.807) is 0 Å². The van der Waals surface area contributed by atoms with E-state index < -0.39 is 0 Å². The van der Waals surface area contributed by atoms with Gasteiger partial charge in [-0.3, -0.25) is 0 Å². The lowest BCUT2D eigenvalue weighted by Crippen LogP contribution is -2.43. The summed E-state index contributed by atoms with van der Waals surface area (Å²) in [7, 11) is 0. The van der Waals surface area contributed by atoms with Gasteiger partial charge in [0.05, 0.1) is 6.61 Å². The summed E-state index contributed by atoms with van der Waals surface area (Å²) in [6.07, 6.45) is 0.903. The number of hydrogen-bond acceptors (Lipinski definition) is 4. The van der Waals surface area contributed by atoms with Crippen molar-refractivity contribution in [3.63, 3.8) is 0 Å². The van der Waals surface area contributed by atoms with Crippen molar-refractivity contribution in [2.24, 2.45) is 0 Å². The molecule has 0 saturated carbocycles. The third kappa shape index (κ3) is 3.11. The molecule has 0 atom stereocenters. The fourth-order valence-electron chi connectivity index (χ4n) is 1.70. The summed E-state index contributed by atoms with van der Waals surface area (Å²) < 4.78 is 10.6. The maximum atomic E-state index is 9.12. The molecule has 0 spiro atoms. The minimum Gasteiger partial charge on any atom is -0.454 e.